The van der Waals surface area contributed by atoms with Gasteiger partial charge in [-0.25, -0.2) is 0 Å². The highest BCUT2D eigenvalue weighted by Gasteiger charge is 2.56. The van der Waals surface area contributed by atoms with Gasteiger partial charge in [0.25, 0.3) is 5.91 Å². The minimum atomic E-state index is -4.87. The van der Waals surface area contributed by atoms with Gasteiger partial charge in [-0.2, -0.15) is 13.2 Å². The van der Waals surface area contributed by atoms with Gasteiger partial charge in [-0.3, -0.25) is 9.59 Å². The van der Waals surface area contributed by atoms with E-state index in [9.17, 15) is 35.9 Å². The van der Waals surface area contributed by atoms with E-state index in [-0.39, 0.29) is 45.0 Å². The molecular weight excluding hydrogens is 462 g/mol. The van der Waals surface area contributed by atoms with Gasteiger partial charge in [-0.05, 0) is 38.1 Å². The summed E-state index contributed by atoms with van der Waals surface area (Å²) in [7, 11) is 0. The summed E-state index contributed by atoms with van der Waals surface area (Å²) in [5.41, 5.74) is -2.54. The molecule has 2 aliphatic rings. The Morgan fingerprint density at radius 1 is 0.909 bits per heavy atom. The molecule has 184 valence electrons. The maximum absolute atomic E-state index is 13.3. The van der Waals surface area contributed by atoms with E-state index in [1.54, 1.807) is 0 Å². The fourth-order valence-corrected chi connectivity index (χ4v) is 3.54. The lowest BCUT2D eigenvalue weighted by atomic mass is 9.90. The van der Waals surface area contributed by atoms with E-state index >= 15 is 0 Å². The Balaban J connectivity index is 1.71. The zero-order valence-corrected chi connectivity index (χ0v) is 17.8. The van der Waals surface area contributed by atoms with Gasteiger partial charge in [0.1, 0.15) is 11.2 Å². The summed E-state index contributed by atoms with van der Waals surface area (Å²) in [5.74, 6) is -3.68. The predicted octanol–water partition coefficient (Wildman–Crippen LogP) is 3.20. The Labute approximate surface area is 185 Å². The molecule has 13 heteroatoms. The highest BCUT2D eigenvalue weighted by molar-refractivity contribution is 5.94. The van der Waals surface area contributed by atoms with Crippen LogP contribution in [0.3, 0.4) is 0 Å². The Morgan fingerprint density at radius 2 is 1.42 bits per heavy atom. The standard InChI is InChI=1S/C20H22F6N2O5/c1-17(2,19(21,22)23)16(30)28-8-10-32-18(12-28)11-27(7-9-31-18)15(29)13-3-5-14(6-4-13)33-20(24,25)26/h3-6H,7-12H2,1-2H3. The van der Waals surface area contributed by atoms with E-state index < -0.39 is 41.3 Å². The smallest absolute Gasteiger partial charge is 0.406 e. The van der Waals surface area contributed by atoms with Crippen molar-refractivity contribution in [2.45, 2.75) is 32.2 Å². The van der Waals surface area contributed by atoms with Crippen molar-refractivity contribution in [3.63, 3.8) is 0 Å². The van der Waals surface area contributed by atoms with Gasteiger partial charge in [-0.15, -0.1) is 13.2 Å². The molecule has 3 rings (SSSR count). The van der Waals surface area contributed by atoms with Gasteiger partial charge in [0.15, 0.2) is 0 Å². The largest absolute Gasteiger partial charge is 0.573 e. The fourth-order valence-electron chi connectivity index (χ4n) is 3.54. The molecule has 2 amide bonds. The lowest BCUT2D eigenvalue weighted by molar-refractivity contribution is -0.288. The summed E-state index contributed by atoms with van der Waals surface area (Å²) in [5, 5.41) is 0. The van der Waals surface area contributed by atoms with E-state index in [4.69, 9.17) is 9.47 Å². The summed E-state index contributed by atoms with van der Waals surface area (Å²) >= 11 is 0. The van der Waals surface area contributed by atoms with Gasteiger partial charge in [0.2, 0.25) is 11.7 Å². The highest BCUT2D eigenvalue weighted by atomic mass is 19.4. The molecule has 1 spiro atoms. The predicted molar refractivity (Wildman–Crippen MR) is 100 cm³/mol. The molecule has 0 aliphatic carbocycles. The van der Waals surface area contributed by atoms with Crippen LogP contribution in [0.5, 0.6) is 5.75 Å². The van der Waals surface area contributed by atoms with Crippen LogP contribution in [0, 0.1) is 5.41 Å². The first-order valence-corrected chi connectivity index (χ1v) is 9.93. The molecule has 1 atom stereocenters. The van der Waals surface area contributed by atoms with Crippen LogP contribution in [0.15, 0.2) is 24.3 Å². The van der Waals surface area contributed by atoms with Crippen LogP contribution in [-0.2, 0) is 14.3 Å². The number of halogens is 6. The maximum atomic E-state index is 13.3. The Hall–Kier alpha value is -2.54. The minimum absolute atomic E-state index is 0.00823. The number of hydrogen-bond donors (Lipinski definition) is 0. The van der Waals surface area contributed by atoms with Gasteiger partial charge in [0.05, 0.1) is 26.3 Å². The van der Waals surface area contributed by atoms with Gasteiger partial charge in [-0.1, -0.05) is 0 Å². The second-order valence-electron chi connectivity index (χ2n) is 8.26. The first kappa shape index (κ1) is 25.1. The first-order valence-electron chi connectivity index (χ1n) is 9.93. The van der Waals surface area contributed by atoms with Crippen LogP contribution in [0.1, 0.15) is 24.2 Å². The third-order valence-corrected chi connectivity index (χ3v) is 5.47. The molecular formula is C20H22F6N2O5. The van der Waals surface area contributed by atoms with Crippen molar-refractivity contribution in [3.05, 3.63) is 29.8 Å². The lowest BCUT2D eigenvalue weighted by Crippen LogP contribution is -2.65. The topological polar surface area (TPSA) is 68.3 Å². The average molecular weight is 484 g/mol. The molecule has 2 fully saturated rings. The molecule has 1 aromatic carbocycles. The van der Waals surface area contributed by atoms with Crippen molar-refractivity contribution in [2.24, 2.45) is 5.41 Å². The number of hydrogen-bond acceptors (Lipinski definition) is 5. The van der Waals surface area contributed by atoms with Crippen molar-refractivity contribution < 1.29 is 50.1 Å². The number of carbonyl (C=O) groups excluding carboxylic acids is 2. The summed E-state index contributed by atoms with van der Waals surface area (Å²) in [6.07, 6.45) is -9.63. The molecule has 0 N–H and O–H groups in total. The second-order valence-corrected chi connectivity index (χ2v) is 8.26. The summed E-state index contributed by atoms with van der Waals surface area (Å²) in [6.45, 7) is 1.04. The van der Waals surface area contributed by atoms with E-state index in [1.165, 1.54) is 4.90 Å². The third kappa shape index (κ3) is 5.52. The minimum Gasteiger partial charge on any atom is -0.406 e. The average Bonchev–Trinajstić information content (AvgIpc) is 2.71. The summed E-state index contributed by atoms with van der Waals surface area (Å²) in [6, 6.07) is 4.31. The molecule has 2 aliphatic heterocycles. The zero-order chi connectivity index (χ0) is 24.7. The normalized spacial score (nSPS) is 22.4. The number of morpholine rings is 2. The molecule has 33 heavy (non-hydrogen) atoms. The number of carbonyl (C=O) groups is 2. The van der Waals surface area contributed by atoms with Crippen molar-refractivity contribution in [1.82, 2.24) is 9.80 Å². The van der Waals surface area contributed by atoms with Gasteiger partial charge in [0, 0.05) is 18.7 Å². The van der Waals surface area contributed by atoms with Crippen LogP contribution in [0.25, 0.3) is 0 Å². The first-order chi connectivity index (χ1) is 15.1. The molecule has 1 aromatic rings. The monoisotopic (exact) mass is 484 g/mol. The Morgan fingerprint density at radius 3 is 1.94 bits per heavy atom. The number of rotatable bonds is 3. The van der Waals surface area contributed by atoms with Gasteiger partial charge >= 0.3 is 12.5 Å². The van der Waals surface area contributed by atoms with Crippen LogP contribution >= 0.6 is 0 Å². The number of nitrogens with zero attached hydrogens (tertiary/aromatic N) is 2. The van der Waals surface area contributed by atoms with E-state index in [0.717, 1.165) is 43.0 Å². The molecule has 0 aromatic heterocycles. The summed E-state index contributed by atoms with van der Waals surface area (Å²) in [4.78, 5) is 27.8. The number of alkyl halides is 6. The van der Waals surface area contributed by atoms with Crippen molar-refractivity contribution in [3.8, 4) is 5.75 Å². The van der Waals surface area contributed by atoms with Crippen LogP contribution < -0.4 is 4.74 Å². The van der Waals surface area contributed by atoms with Crippen LogP contribution in [0.4, 0.5) is 26.3 Å². The number of benzene rings is 1. The van der Waals surface area contributed by atoms with Crippen molar-refractivity contribution in [1.29, 1.82) is 0 Å². The molecule has 0 bridgehead atoms. The van der Waals surface area contributed by atoms with Gasteiger partial charge < -0.3 is 24.0 Å². The van der Waals surface area contributed by atoms with Crippen LogP contribution in [0.2, 0.25) is 0 Å². The second kappa shape index (κ2) is 8.67. The SMILES string of the molecule is CC(C)(C(=O)N1CCOC2(CN(C(=O)c3ccc(OC(F)(F)F)cc3)CCO2)C1)C(F)(F)F. The Kier molecular flexibility index (Phi) is 6.59. The molecule has 0 radical (unpaired) electrons. The quantitative estimate of drug-likeness (QED) is 0.617. The molecule has 2 heterocycles. The maximum Gasteiger partial charge on any atom is 0.573 e. The molecule has 7 nitrogen and oxygen atoms in total. The molecule has 1 unspecified atom stereocenters. The zero-order valence-electron chi connectivity index (χ0n) is 17.8. The van der Waals surface area contributed by atoms with Crippen molar-refractivity contribution >= 4 is 11.8 Å². The highest BCUT2D eigenvalue weighted by Crippen LogP contribution is 2.40. The summed E-state index contributed by atoms with van der Waals surface area (Å²) < 4.78 is 91.9. The fraction of sp³-hybridized carbons (Fsp3) is 0.600. The Bertz CT molecular complexity index is 882. The van der Waals surface area contributed by atoms with E-state index in [2.05, 4.69) is 4.74 Å². The van der Waals surface area contributed by atoms with E-state index in [0.29, 0.717) is 0 Å². The number of amides is 2. The molecule has 2 saturated heterocycles. The molecule has 0 saturated carbocycles. The third-order valence-electron chi connectivity index (χ3n) is 5.47. The van der Waals surface area contributed by atoms with Crippen molar-refractivity contribution in [2.75, 3.05) is 39.4 Å². The van der Waals surface area contributed by atoms with Crippen LogP contribution in [-0.4, -0.2) is 79.3 Å². The number of ether oxygens (including phenoxy) is 3. The lowest BCUT2D eigenvalue weighted by Gasteiger charge is -2.48. The van der Waals surface area contributed by atoms with E-state index in [1.807, 2.05) is 0 Å².